The summed E-state index contributed by atoms with van der Waals surface area (Å²) in [6, 6.07) is 5.44. The van der Waals surface area contributed by atoms with E-state index in [2.05, 4.69) is 22.0 Å². The third-order valence-corrected chi connectivity index (χ3v) is 5.24. The second kappa shape index (κ2) is 4.97. The maximum atomic E-state index is 5.45. The molecule has 2 aliphatic carbocycles. The van der Waals surface area contributed by atoms with Gasteiger partial charge in [-0.2, -0.15) is 4.98 Å². The van der Waals surface area contributed by atoms with Crippen molar-refractivity contribution in [1.82, 2.24) is 15.0 Å². The first-order valence-electron chi connectivity index (χ1n) is 7.43. The topological polar surface area (TPSA) is 42.2 Å². The van der Waals surface area contributed by atoms with Gasteiger partial charge >= 0.3 is 0 Å². The summed E-state index contributed by atoms with van der Waals surface area (Å²) in [5.41, 5.74) is 0. The van der Waals surface area contributed by atoms with E-state index < -0.39 is 0 Å². The molecule has 2 aromatic rings. The van der Waals surface area contributed by atoms with E-state index >= 15 is 0 Å². The molecule has 0 aromatic carbocycles. The molecule has 2 aliphatic rings. The Morgan fingerprint density at radius 2 is 2.25 bits per heavy atom. The number of hydrogen-bond donors (Lipinski definition) is 0. The van der Waals surface area contributed by atoms with Gasteiger partial charge in [-0.25, -0.2) is 0 Å². The molecule has 4 nitrogen and oxygen atoms in total. The minimum Gasteiger partial charge on any atom is -0.338 e. The first-order valence-corrected chi connectivity index (χ1v) is 8.31. The standard InChI is InChI=1S/C15H19N3OS/c1-10(11-4-5-11)18(12-6-7-12)9-14-16-15(17-19-14)13-3-2-8-20-13/h2-3,8,10-12H,4-7,9H2,1H3/t10-/m0/s1. The molecule has 0 saturated heterocycles. The van der Waals surface area contributed by atoms with Crippen LogP contribution in [0.2, 0.25) is 0 Å². The molecule has 2 aromatic heterocycles. The lowest BCUT2D eigenvalue weighted by molar-refractivity contribution is 0.149. The normalized spacial score (nSPS) is 20.5. The fourth-order valence-electron chi connectivity index (χ4n) is 2.84. The van der Waals surface area contributed by atoms with E-state index in [1.54, 1.807) is 11.3 Å². The van der Waals surface area contributed by atoms with Crippen molar-refractivity contribution in [2.75, 3.05) is 0 Å². The number of rotatable bonds is 6. The average Bonchev–Trinajstić information content (AvgIpc) is 3.37. The molecule has 106 valence electrons. The minimum atomic E-state index is 0.652. The third kappa shape index (κ3) is 2.52. The fourth-order valence-corrected chi connectivity index (χ4v) is 3.49. The smallest absolute Gasteiger partial charge is 0.241 e. The van der Waals surface area contributed by atoms with Crippen LogP contribution in [0.15, 0.2) is 22.0 Å². The van der Waals surface area contributed by atoms with Crippen LogP contribution < -0.4 is 0 Å². The van der Waals surface area contributed by atoms with Crippen molar-refractivity contribution in [2.24, 2.45) is 5.92 Å². The summed E-state index contributed by atoms with van der Waals surface area (Å²) >= 11 is 1.65. The van der Waals surface area contributed by atoms with Crippen molar-refractivity contribution in [3.05, 3.63) is 23.4 Å². The van der Waals surface area contributed by atoms with Crippen molar-refractivity contribution in [1.29, 1.82) is 0 Å². The maximum Gasteiger partial charge on any atom is 0.241 e. The molecular weight excluding hydrogens is 270 g/mol. The van der Waals surface area contributed by atoms with Gasteiger partial charge in [0.05, 0.1) is 11.4 Å². The van der Waals surface area contributed by atoms with Gasteiger partial charge in [-0.15, -0.1) is 11.3 Å². The molecule has 0 amide bonds. The van der Waals surface area contributed by atoms with E-state index in [-0.39, 0.29) is 0 Å². The lowest BCUT2D eigenvalue weighted by atomic mass is 10.2. The van der Waals surface area contributed by atoms with Gasteiger partial charge in [0.25, 0.3) is 0 Å². The number of nitrogens with zero attached hydrogens (tertiary/aromatic N) is 3. The van der Waals surface area contributed by atoms with E-state index in [4.69, 9.17) is 4.52 Å². The summed E-state index contributed by atoms with van der Waals surface area (Å²) in [5.74, 6) is 2.37. The molecule has 0 radical (unpaired) electrons. The minimum absolute atomic E-state index is 0.652. The maximum absolute atomic E-state index is 5.45. The molecule has 4 rings (SSSR count). The Kier molecular flexibility index (Phi) is 3.11. The fraction of sp³-hybridized carbons (Fsp3) is 0.600. The van der Waals surface area contributed by atoms with Crippen LogP contribution >= 0.6 is 11.3 Å². The van der Waals surface area contributed by atoms with Gasteiger partial charge < -0.3 is 4.52 Å². The van der Waals surface area contributed by atoms with Crippen LogP contribution in [0.25, 0.3) is 10.7 Å². The monoisotopic (exact) mass is 289 g/mol. The van der Waals surface area contributed by atoms with Gasteiger partial charge in [-0.05, 0) is 50.0 Å². The van der Waals surface area contributed by atoms with Crippen molar-refractivity contribution in [3.63, 3.8) is 0 Å². The second-order valence-electron chi connectivity index (χ2n) is 5.97. The molecular formula is C15H19N3OS. The summed E-state index contributed by atoms with van der Waals surface area (Å²) in [5, 5.41) is 6.15. The van der Waals surface area contributed by atoms with Crippen LogP contribution in [0.3, 0.4) is 0 Å². The lowest BCUT2D eigenvalue weighted by Gasteiger charge is -2.27. The highest BCUT2D eigenvalue weighted by Crippen LogP contribution is 2.40. The molecule has 0 bridgehead atoms. The van der Waals surface area contributed by atoms with E-state index in [1.165, 1.54) is 25.7 Å². The van der Waals surface area contributed by atoms with E-state index in [0.717, 1.165) is 35.1 Å². The van der Waals surface area contributed by atoms with Gasteiger partial charge in [-0.1, -0.05) is 11.2 Å². The van der Waals surface area contributed by atoms with Gasteiger partial charge in [0, 0.05) is 12.1 Å². The molecule has 2 saturated carbocycles. The Bertz CT molecular complexity index is 572. The molecule has 2 heterocycles. The first kappa shape index (κ1) is 12.5. The summed E-state index contributed by atoms with van der Waals surface area (Å²) in [4.78, 5) is 8.21. The van der Waals surface area contributed by atoms with Gasteiger partial charge in [-0.3, -0.25) is 4.90 Å². The van der Waals surface area contributed by atoms with E-state index in [0.29, 0.717) is 6.04 Å². The summed E-state index contributed by atoms with van der Waals surface area (Å²) < 4.78 is 5.45. The van der Waals surface area contributed by atoms with Crippen LogP contribution in [0, 0.1) is 5.92 Å². The molecule has 0 N–H and O–H groups in total. The largest absolute Gasteiger partial charge is 0.338 e. The van der Waals surface area contributed by atoms with Crippen molar-refractivity contribution >= 4 is 11.3 Å². The molecule has 5 heteroatoms. The highest BCUT2D eigenvalue weighted by atomic mass is 32.1. The Balaban J connectivity index is 1.49. The predicted molar refractivity (Wildman–Crippen MR) is 78.4 cm³/mol. The van der Waals surface area contributed by atoms with Crippen LogP contribution in [0.1, 0.15) is 38.5 Å². The molecule has 0 spiro atoms. The van der Waals surface area contributed by atoms with Crippen LogP contribution in [-0.4, -0.2) is 27.1 Å². The van der Waals surface area contributed by atoms with Crippen molar-refractivity contribution < 1.29 is 4.52 Å². The Morgan fingerprint density at radius 1 is 1.40 bits per heavy atom. The summed E-state index contributed by atoms with van der Waals surface area (Å²) in [7, 11) is 0. The number of hydrogen-bond acceptors (Lipinski definition) is 5. The van der Waals surface area contributed by atoms with E-state index in [9.17, 15) is 0 Å². The lowest BCUT2D eigenvalue weighted by Crippen LogP contribution is -2.36. The van der Waals surface area contributed by atoms with Crippen LogP contribution in [0.5, 0.6) is 0 Å². The Morgan fingerprint density at radius 3 is 2.90 bits per heavy atom. The van der Waals surface area contributed by atoms with E-state index in [1.807, 2.05) is 17.5 Å². The zero-order valence-electron chi connectivity index (χ0n) is 11.7. The zero-order chi connectivity index (χ0) is 13.5. The Hall–Kier alpha value is -1.20. The summed E-state index contributed by atoms with van der Waals surface area (Å²) in [6.45, 7) is 3.16. The SMILES string of the molecule is C[C@@H](C1CC1)N(Cc1nc(-c2cccs2)no1)C1CC1. The number of aromatic nitrogens is 2. The third-order valence-electron chi connectivity index (χ3n) is 4.37. The molecule has 2 fully saturated rings. The Labute approximate surface area is 122 Å². The predicted octanol–water partition coefficient (Wildman–Crippen LogP) is 3.56. The van der Waals surface area contributed by atoms with Crippen LogP contribution in [-0.2, 0) is 6.54 Å². The van der Waals surface area contributed by atoms with Gasteiger partial charge in [0.15, 0.2) is 0 Å². The quantitative estimate of drug-likeness (QED) is 0.815. The second-order valence-corrected chi connectivity index (χ2v) is 6.92. The zero-order valence-corrected chi connectivity index (χ0v) is 12.5. The number of thiophene rings is 1. The summed E-state index contributed by atoms with van der Waals surface area (Å²) in [6.07, 6.45) is 5.41. The molecule has 20 heavy (non-hydrogen) atoms. The highest BCUT2D eigenvalue weighted by Gasteiger charge is 2.39. The van der Waals surface area contributed by atoms with Crippen LogP contribution in [0.4, 0.5) is 0 Å². The molecule has 0 unspecified atom stereocenters. The van der Waals surface area contributed by atoms with Crippen molar-refractivity contribution in [2.45, 2.75) is 51.2 Å². The first-order chi connectivity index (χ1) is 9.81. The van der Waals surface area contributed by atoms with Gasteiger partial charge in [0.2, 0.25) is 11.7 Å². The average molecular weight is 289 g/mol. The molecule has 0 aliphatic heterocycles. The van der Waals surface area contributed by atoms with Crippen molar-refractivity contribution in [3.8, 4) is 10.7 Å². The molecule has 1 atom stereocenters. The highest BCUT2D eigenvalue weighted by molar-refractivity contribution is 7.13. The van der Waals surface area contributed by atoms with Gasteiger partial charge in [0.1, 0.15) is 0 Å².